The average molecular weight is 553 g/mol. The molecule has 0 saturated carbocycles. The van der Waals surface area contributed by atoms with Crippen LogP contribution in [0.3, 0.4) is 0 Å². The van der Waals surface area contributed by atoms with Crippen LogP contribution in [0.15, 0.2) is 4.42 Å². The third-order valence-corrected chi connectivity index (χ3v) is 9.71. The maximum Gasteiger partial charge on any atom is 0.138 e. The standard InChI is InChI=1S/C37H60O3/c1-9-10-20-31-33(21-14-25-38)39-36-30(7)29(6)35-32(34(31)36)22-24-37(8,40-35)23-13-19-28(5)18-12-17-27(4)16-11-15-26(2)3/h25-28H,9-24H2,1-8H3. The zero-order chi connectivity index (χ0) is 29.3. The molecular weight excluding hydrogens is 492 g/mol. The number of ether oxygens (including phenoxy) is 1. The third kappa shape index (κ3) is 8.62. The van der Waals surface area contributed by atoms with Gasteiger partial charge in [-0.2, -0.15) is 0 Å². The predicted molar refractivity (Wildman–Crippen MR) is 171 cm³/mol. The Balaban J connectivity index is 1.62. The number of unbranched alkanes of at least 4 members (excludes halogenated alkanes) is 1. The number of hydrogen-bond acceptors (Lipinski definition) is 3. The first-order chi connectivity index (χ1) is 19.1. The van der Waals surface area contributed by atoms with E-state index in [0.29, 0.717) is 12.8 Å². The van der Waals surface area contributed by atoms with Crippen molar-refractivity contribution in [2.24, 2.45) is 17.8 Å². The Hall–Kier alpha value is -1.77. The average Bonchev–Trinajstić information content (AvgIpc) is 3.27. The predicted octanol–water partition coefficient (Wildman–Crippen LogP) is 11.0. The van der Waals surface area contributed by atoms with Gasteiger partial charge in [-0.1, -0.05) is 86.0 Å². The summed E-state index contributed by atoms with van der Waals surface area (Å²) in [5.41, 5.74) is 6.02. The molecule has 3 heteroatoms. The monoisotopic (exact) mass is 552 g/mol. The molecule has 226 valence electrons. The van der Waals surface area contributed by atoms with Crippen molar-refractivity contribution in [1.82, 2.24) is 0 Å². The molecule has 1 aromatic carbocycles. The van der Waals surface area contributed by atoms with Gasteiger partial charge in [0.25, 0.3) is 0 Å². The molecule has 3 unspecified atom stereocenters. The lowest BCUT2D eigenvalue weighted by atomic mass is 9.83. The minimum absolute atomic E-state index is 0.101. The molecule has 0 N–H and O–H groups in total. The Morgan fingerprint density at radius 1 is 0.875 bits per heavy atom. The minimum Gasteiger partial charge on any atom is -0.487 e. The molecule has 0 saturated heterocycles. The molecule has 3 nitrogen and oxygen atoms in total. The van der Waals surface area contributed by atoms with Crippen LogP contribution in [-0.4, -0.2) is 11.9 Å². The Kier molecular flexibility index (Phi) is 12.7. The SMILES string of the molecule is CCCCc1c(CCC=O)oc2c(C)c(C)c3c(c12)CCC(C)(CCCC(C)CCCC(C)CCCC(C)C)O3. The van der Waals surface area contributed by atoms with Gasteiger partial charge < -0.3 is 13.9 Å². The van der Waals surface area contributed by atoms with E-state index in [1.165, 1.54) is 79.0 Å². The summed E-state index contributed by atoms with van der Waals surface area (Å²) in [6.45, 7) is 18.5. The summed E-state index contributed by atoms with van der Waals surface area (Å²) >= 11 is 0. The molecule has 0 fully saturated rings. The number of benzene rings is 1. The van der Waals surface area contributed by atoms with Gasteiger partial charge in [-0.15, -0.1) is 0 Å². The number of carbonyl (C=O) groups excluding carboxylic acids is 1. The van der Waals surface area contributed by atoms with E-state index in [1.807, 2.05) is 0 Å². The fraction of sp³-hybridized carbons (Fsp3) is 0.757. The highest BCUT2D eigenvalue weighted by molar-refractivity contribution is 5.92. The van der Waals surface area contributed by atoms with Gasteiger partial charge in [0.2, 0.25) is 0 Å². The number of rotatable bonds is 18. The van der Waals surface area contributed by atoms with E-state index in [1.54, 1.807) is 0 Å². The van der Waals surface area contributed by atoms with Crippen LogP contribution < -0.4 is 4.74 Å². The lowest BCUT2D eigenvalue weighted by Gasteiger charge is -2.38. The van der Waals surface area contributed by atoms with Gasteiger partial charge in [-0.25, -0.2) is 0 Å². The summed E-state index contributed by atoms with van der Waals surface area (Å²) in [6.07, 6.45) is 19.6. The van der Waals surface area contributed by atoms with Crippen LogP contribution >= 0.6 is 0 Å². The topological polar surface area (TPSA) is 39.4 Å². The van der Waals surface area contributed by atoms with Crippen molar-refractivity contribution in [2.45, 2.75) is 164 Å². The lowest BCUT2D eigenvalue weighted by molar-refractivity contribution is -0.107. The second kappa shape index (κ2) is 15.5. The molecule has 2 aromatic rings. The van der Waals surface area contributed by atoms with Gasteiger partial charge in [0.05, 0.1) is 0 Å². The van der Waals surface area contributed by atoms with Crippen LogP contribution in [-0.2, 0) is 24.1 Å². The van der Waals surface area contributed by atoms with E-state index < -0.39 is 0 Å². The molecular formula is C37H60O3. The molecule has 1 aromatic heterocycles. The highest BCUT2D eigenvalue weighted by atomic mass is 16.5. The summed E-state index contributed by atoms with van der Waals surface area (Å²) in [5.74, 6) is 4.63. The fourth-order valence-electron chi connectivity index (χ4n) is 6.83. The van der Waals surface area contributed by atoms with E-state index in [-0.39, 0.29) is 5.60 Å². The van der Waals surface area contributed by atoms with E-state index in [4.69, 9.17) is 9.15 Å². The second-order valence-electron chi connectivity index (χ2n) is 14.0. The number of aryl methyl sites for hydroxylation is 4. The Labute approximate surface area is 246 Å². The number of aldehydes is 1. The van der Waals surface area contributed by atoms with Crippen molar-refractivity contribution < 1.29 is 13.9 Å². The number of furan rings is 1. The third-order valence-electron chi connectivity index (χ3n) is 9.71. The Morgan fingerprint density at radius 3 is 2.15 bits per heavy atom. The van der Waals surface area contributed by atoms with Crippen molar-refractivity contribution >= 4 is 17.3 Å². The first-order valence-electron chi connectivity index (χ1n) is 16.8. The summed E-state index contributed by atoms with van der Waals surface area (Å²) < 4.78 is 13.4. The molecule has 40 heavy (non-hydrogen) atoms. The number of fused-ring (bicyclic) bond motifs is 3. The summed E-state index contributed by atoms with van der Waals surface area (Å²) in [4.78, 5) is 11.1. The zero-order valence-corrected chi connectivity index (χ0v) is 27.3. The fourth-order valence-corrected chi connectivity index (χ4v) is 6.83. The highest BCUT2D eigenvalue weighted by Crippen LogP contribution is 2.46. The van der Waals surface area contributed by atoms with Crippen molar-refractivity contribution in [3.8, 4) is 5.75 Å². The molecule has 0 bridgehead atoms. The van der Waals surface area contributed by atoms with Crippen molar-refractivity contribution in [2.75, 3.05) is 0 Å². The van der Waals surface area contributed by atoms with Crippen molar-refractivity contribution in [1.29, 1.82) is 0 Å². The first kappa shape index (κ1) is 32.7. The lowest BCUT2D eigenvalue weighted by Crippen LogP contribution is -2.37. The quantitative estimate of drug-likeness (QED) is 0.173. The van der Waals surface area contributed by atoms with E-state index in [0.717, 1.165) is 79.7 Å². The van der Waals surface area contributed by atoms with Crippen molar-refractivity contribution in [3.05, 3.63) is 28.0 Å². The van der Waals surface area contributed by atoms with Gasteiger partial charge in [0.15, 0.2) is 0 Å². The molecule has 2 heterocycles. The van der Waals surface area contributed by atoms with Crippen LogP contribution in [0, 0.1) is 31.6 Å². The van der Waals surface area contributed by atoms with Crippen LogP contribution in [0.4, 0.5) is 0 Å². The van der Waals surface area contributed by atoms with Crippen LogP contribution in [0.1, 0.15) is 153 Å². The van der Waals surface area contributed by atoms with Gasteiger partial charge >= 0.3 is 0 Å². The van der Waals surface area contributed by atoms with Crippen LogP contribution in [0.25, 0.3) is 11.0 Å². The van der Waals surface area contributed by atoms with E-state index in [9.17, 15) is 4.79 Å². The number of hydrogen-bond donors (Lipinski definition) is 0. The maximum atomic E-state index is 11.1. The van der Waals surface area contributed by atoms with Gasteiger partial charge in [-0.05, 0) is 88.2 Å². The molecule has 1 aliphatic rings. The maximum absolute atomic E-state index is 11.1. The summed E-state index contributed by atoms with van der Waals surface area (Å²) in [6, 6.07) is 0. The summed E-state index contributed by atoms with van der Waals surface area (Å²) in [5, 5.41) is 1.29. The Morgan fingerprint density at radius 2 is 1.52 bits per heavy atom. The molecule has 0 aliphatic carbocycles. The summed E-state index contributed by atoms with van der Waals surface area (Å²) in [7, 11) is 0. The van der Waals surface area contributed by atoms with Gasteiger partial charge in [0, 0.05) is 29.4 Å². The highest BCUT2D eigenvalue weighted by Gasteiger charge is 2.35. The first-order valence-corrected chi connectivity index (χ1v) is 16.8. The molecule has 3 rings (SSSR count). The van der Waals surface area contributed by atoms with E-state index in [2.05, 4.69) is 55.4 Å². The molecule has 0 amide bonds. The normalized spacial score (nSPS) is 18.6. The molecule has 0 spiro atoms. The van der Waals surface area contributed by atoms with Crippen LogP contribution in [0.2, 0.25) is 0 Å². The van der Waals surface area contributed by atoms with Gasteiger partial charge in [0.1, 0.15) is 29.0 Å². The second-order valence-corrected chi connectivity index (χ2v) is 14.0. The smallest absolute Gasteiger partial charge is 0.138 e. The molecule has 3 atom stereocenters. The molecule has 1 aliphatic heterocycles. The largest absolute Gasteiger partial charge is 0.487 e. The minimum atomic E-state index is -0.101. The number of carbonyl (C=O) groups is 1. The van der Waals surface area contributed by atoms with E-state index >= 15 is 0 Å². The zero-order valence-electron chi connectivity index (χ0n) is 27.3. The Bertz CT molecular complexity index is 1080. The molecule has 0 radical (unpaired) electrons. The van der Waals surface area contributed by atoms with Gasteiger partial charge in [-0.3, -0.25) is 0 Å². The van der Waals surface area contributed by atoms with Crippen molar-refractivity contribution in [3.63, 3.8) is 0 Å². The van der Waals surface area contributed by atoms with Crippen LogP contribution in [0.5, 0.6) is 5.75 Å².